The van der Waals surface area contributed by atoms with Crippen LogP contribution in [-0.4, -0.2) is 24.8 Å². The molecule has 3 nitrogen and oxygen atoms in total. The van der Waals surface area contributed by atoms with Gasteiger partial charge in [0.1, 0.15) is 6.04 Å². The van der Waals surface area contributed by atoms with E-state index in [9.17, 15) is 18.0 Å². The van der Waals surface area contributed by atoms with Gasteiger partial charge >= 0.3 is 12.1 Å². The predicted molar refractivity (Wildman–Crippen MR) is 35.3 cm³/mol. The number of nitrogens with two attached hydrogens (primary N) is 1. The van der Waals surface area contributed by atoms with Crippen LogP contribution in [0, 0.1) is 0 Å². The van der Waals surface area contributed by atoms with Crippen molar-refractivity contribution in [2.45, 2.75) is 25.6 Å². The van der Waals surface area contributed by atoms with Gasteiger partial charge in [-0.25, -0.2) is 0 Å². The second-order valence-electron chi connectivity index (χ2n) is 2.16. The number of rotatable bonds is 3. The molecule has 0 fully saturated rings. The second-order valence-corrected chi connectivity index (χ2v) is 2.16. The molecule has 1 atom stereocenters. The topological polar surface area (TPSA) is 52.3 Å². The van der Waals surface area contributed by atoms with Crippen molar-refractivity contribution in [3.8, 4) is 0 Å². The number of hydrogen-bond donors (Lipinski definition) is 1. The molecule has 0 aromatic heterocycles. The lowest BCUT2D eigenvalue weighted by Crippen LogP contribution is -2.39. The first-order chi connectivity index (χ1) is 5.38. The number of carbonyl (C=O) groups is 1. The highest BCUT2D eigenvalue weighted by Gasteiger charge is 2.38. The Bertz CT molecular complexity index is 157. The van der Waals surface area contributed by atoms with Crippen molar-refractivity contribution >= 4 is 5.97 Å². The van der Waals surface area contributed by atoms with Crippen LogP contribution in [0.25, 0.3) is 0 Å². The molecule has 1 unspecified atom stereocenters. The summed E-state index contributed by atoms with van der Waals surface area (Å²) in [6.45, 7) is 1.57. The van der Waals surface area contributed by atoms with Gasteiger partial charge in [-0.1, -0.05) is 0 Å². The number of ether oxygens (including phenoxy) is 1. The van der Waals surface area contributed by atoms with Crippen LogP contribution in [0.2, 0.25) is 0 Å². The molecule has 0 aliphatic heterocycles. The summed E-state index contributed by atoms with van der Waals surface area (Å²) in [7, 11) is 0. The van der Waals surface area contributed by atoms with E-state index in [0.717, 1.165) is 0 Å². The summed E-state index contributed by atoms with van der Waals surface area (Å²) in [5.74, 6) is -0.928. The quantitative estimate of drug-likeness (QED) is 0.662. The van der Waals surface area contributed by atoms with E-state index in [0.29, 0.717) is 0 Å². The van der Waals surface area contributed by atoms with E-state index in [2.05, 4.69) is 10.5 Å². The number of halogens is 3. The Kier molecular flexibility index (Phi) is 4.02. The second kappa shape index (κ2) is 4.30. The van der Waals surface area contributed by atoms with Gasteiger partial charge in [-0.3, -0.25) is 4.79 Å². The van der Waals surface area contributed by atoms with E-state index in [1.807, 2.05) is 0 Å². The van der Waals surface area contributed by atoms with Gasteiger partial charge in [0.2, 0.25) is 0 Å². The molecule has 0 amide bonds. The third-order valence-corrected chi connectivity index (χ3v) is 1.11. The smallest absolute Gasteiger partial charge is 0.404 e. The first kappa shape index (κ1) is 11.2. The molecular formula is C6H10F3NO2. The largest absolute Gasteiger partial charge is 0.466 e. The van der Waals surface area contributed by atoms with Crippen LogP contribution < -0.4 is 5.73 Å². The van der Waals surface area contributed by atoms with Crippen molar-refractivity contribution in [1.82, 2.24) is 0 Å². The summed E-state index contributed by atoms with van der Waals surface area (Å²) < 4.78 is 39.4. The molecule has 0 radical (unpaired) electrons. The Morgan fingerprint density at radius 3 is 2.42 bits per heavy atom. The van der Waals surface area contributed by atoms with E-state index >= 15 is 0 Å². The first-order valence-electron chi connectivity index (χ1n) is 3.35. The average molecular weight is 185 g/mol. The van der Waals surface area contributed by atoms with Gasteiger partial charge in [0.15, 0.2) is 0 Å². The number of hydrogen-bond acceptors (Lipinski definition) is 3. The van der Waals surface area contributed by atoms with Crippen LogP contribution in [0.3, 0.4) is 0 Å². The summed E-state index contributed by atoms with van der Waals surface area (Å²) >= 11 is 0. The Morgan fingerprint density at radius 2 is 2.08 bits per heavy atom. The van der Waals surface area contributed by atoms with Crippen LogP contribution in [0.5, 0.6) is 0 Å². The fraction of sp³-hybridized carbons (Fsp3) is 0.833. The van der Waals surface area contributed by atoms with Gasteiger partial charge < -0.3 is 10.5 Å². The molecule has 0 bridgehead atoms. The maximum Gasteiger partial charge on any atom is 0.404 e. The molecule has 0 rings (SSSR count). The van der Waals surface area contributed by atoms with Crippen molar-refractivity contribution in [2.24, 2.45) is 5.73 Å². The zero-order valence-corrected chi connectivity index (χ0v) is 6.52. The summed E-state index contributed by atoms with van der Waals surface area (Å²) in [6.07, 6.45) is -5.36. The number of carbonyl (C=O) groups excluding carboxylic acids is 1. The number of alkyl halides is 3. The van der Waals surface area contributed by atoms with E-state index in [4.69, 9.17) is 0 Å². The van der Waals surface area contributed by atoms with Gasteiger partial charge in [0.25, 0.3) is 0 Å². The lowest BCUT2D eigenvalue weighted by molar-refractivity contribution is -0.164. The minimum Gasteiger partial charge on any atom is -0.466 e. The Balaban J connectivity index is 3.84. The van der Waals surface area contributed by atoms with Gasteiger partial charge in [0, 0.05) is 0 Å². The predicted octanol–water partition coefficient (Wildman–Crippen LogP) is 0.829. The third-order valence-electron chi connectivity index (χ3n) is 1.11. The molecule has 0 heterocycles. The van der Waals surface area contributed by atoms with Crippen LogP contribution in [0.4, 0.5) is 13.2 Å². The lowest BCUT2D eigenvalue weighted by atomic mass is 10.2. The maximum absolute atomic E-state index is 11.7. The molecule has 6 heteroatoms. The Labute approximate surface area is 67.7 Å². The highest BCUT2D eigenvalue weighted by atomic mass is 19.4. The molecule has 2 N–H and O–H groups in total. The zero-order chi connectivity index (χ0) is 9.78. The van der Waals surface area contributed by atoms with Gasteiger partial charge in [-0.15, -0.1) is 0 Å². The van der Waals surface area contributed by atoms with E-state index < -0.39 is 24.6 Å². The molecule has 72 valence electrons. The first-order valence-corrected chi connectivity index (χ1v) is 3.35. The monoisotopic (exact) mass is 185 g/mol. The summed E-state index contributed by atoms with van der Waals surface area (Å²) in [4.78, 5) is 10.5. The fourth-order valence-electron chi connectivity index (χ4n) is 0.515. The molecule has 0 spiro atoms. The number of esters is 1. The van der Waals surface area contributed by atoms with Crippen molar-refractivity contribution in [1.29, 1.82) is 0 Å². The minimum atomic E-state index is -4.53. The molecule has 0 aromatic carbocycles. The highest BCUT2D eigenvalue weighted by Crippen LogP contribution is 2.20. The van der Waals surface area contributed by atoms with Gasteiger partial charge in [0.05, 0.1) is 13.0 Å². The lowest BCUT2D eigenvalue weighted by Gasteiger charge is -2.13. The van der Waals surface area contributed by atoms with Crippen molar-refractivity contribution in [2.75, 3.05) is 6.61 Å². The maximum atomic E-state index is 11.7. The Hall–Kier alpha value is -0.780. The third kappa shape index (κ3) is 4.17. The summed E-state index contributed by atoms with van der Waals surface area (Å²) in [5, 5.41) is 0. The Morgan fingerprint density at radius 1 is 1.58 bits per heavy atom. The summed E-state index contributed by atoms with van der Waals surface area (Å²) in [6, 6.07) is -2.13. The average Bonchev–Trinajstić information content (AvgIpc) is 1.85. The van der Waals surface area contributed by atoms with Gasteiger partial charge in [-0.05, 0) is 6.92 Å². The molecule has 0 saturated heterocycles. The van der Waals surface area contributed by atoms with Crippen LogP contribution in [-0.2, 0) is 9.53 Å². The molecule has 0 aliphatic carbocycles. The van der Waals surface area contributed by atoms with Crippen molar-refractivity contribution in [3.05, 3.63) is 0 Å². The molecule has 12 heavy (non-hydrogen) atoms. The van der Waals surface area contributed by atoms with E-state index in [1.165, 1.54) is 6.92 Å². The van der Waals surface area contributed by atoms with Crippen LogP contribution >= 0.6 is 0 Å². The molecule has 0 aromatic rings. The normalized spacial score (nSPS) is 14.1. The van der Waals surface area contributed by atoms with Crippen molar-refractivity contribution < 1.29 is 22.7 Å². The minimum absolute atomic E-state index is 0.0589. The zero-order valence-electron chi connectivity index (χ0n) is 6.52. The molecular weight excluding hydrogens is 175 g/mol. The van der Waals surface area contributed by atoms with E-state index in [-0.39, 0.29) is 6.61 Å². The van der Waals surface area contributed by atoms with E-state index in [1.54, 1.807) is 0 Å². The fourth-order valence-corrected chi connectivity index (χ4v) is 0.515. The highest BCUT2D eigenvalue weighted by molar-refractivity contribution is 5.70. The van der Waals surface area contributed by atoms with Gasteiger partial charge in [-0.2, -0.15) is 13.2 Å². The standard InChI is InChI=1S/C6H10F3NO2/c1-2-12-5(11)3-4(10)6(7,8)9/h4H,2-3,10H2,1H3. The van der Waals surface area contributed by atoms with Crippen molar-refractivity contribution in [3.63, 3.8) is 0 Å². The molecule has 0 aliphatic rings. The van der Waals surface area contributed by atoms with Crippen LogP contribution in [0.1, 0.15) is 13.3 Å². The summed E-state index contributed by atoms with van der Waals surface area (Å²) in [5.41, 5.74) is 4.66. The van der Waals surface area contributed by atoms with Crippen LogP contribution in [0.15, 0.2) is 0 Å². The SMILES string of the molecule is CCOC(=O)CC(N)C(F)(F)F. The molecule has 0 saturated carbocycles.